The van der Waals surface area contributed by atoms with E-state index in [0.29, 0.717) is 30.8 Å². The second kappa shape index (κ2) is 13.3. The molecule has 0 aromatic rings. The van der Waals surface area contributed by atoms with Crippen LogP contribution in [0.15, 0.2) is 0 Å². The molecule has 0 bridgehead atoms. The molecule has 4 unspecified atom stereocenters. The van der Waals surface area contributed by atoms with Gasteiger partial charge in [0.15, 0.2) is 0 Å². The summed E-state index contributed by atoms with van der Waals surface area (Å²) >= 11 is 0. The Labute approximate surface area is 196 Å². The quantitative estimate of drug-likeness (QED) is 0.313. The lowest BCUT2D eigenvalue weighted by Gasteiger charge is -2.33. The smallest absolute Gasteiger partial charge is 0.309 e. The molecule has 2 rings (SSSR count). The van der Waals surface area contributed by atoms with E-state index in [9.17, 15) is 15.0 Å². The Kier molecular flexibility index (Phi) is 11.5. The molecule has 2 saturated heterocycles. The number of aliphatic hydroxyl groups is 1. The van der Waals surface area contributed by atoms with Gasteiger partial charge in [-0.1, -0.05) is 20.3 Å². The maximum atomic E-state index is 11.3. The Hall–Kier alpha value is -0.650. The van der Waals surface area contributed by atoms with Gasteiger partial charge in [-0.3, -0.25) is 4.79 Å². The van der Waals surface area contributed by atoms with Crippen LogP contribution in [0.2, 0.25) is 0 Å². The summed E-state index contributed by atoms with van der Waals surface area (Å²) in [6.07, 6.45) is 17.9. The van der Waals surface area contributed by atoms with Crippen LogP contribution in [-0.4, -0.2) is 47.2 Å². The van der Waals surface area contributed by atoms with Crippen molar-refractivity contribution in [3.05, 3.63) is 0 Å². The van der Waals surface area contributed by atoms with E-state index in [2.05, 4.69) is 13.8 Å². The van der Waals surface area contributed by atoms with Crippen molar-refractivity contribution in [2.45, 2.75) is 148 Å². The number of aliphatic carboxylic acids is 1. The summed E-state index contributed by atoms with van der Waals surface area (Å²) in [5.41, 5.74) is -0.612. The number of hydrogen-bond acceptors (Lipinski definition) is 4. The molecule has 2 aliphatic rings. The number of rotatable bonds is 14. The molecule has 0 spiro atoms. The van der Waals surface area contributed by atoms with E-state index in [-0.39, 0.29) is 12.0 Å². The molecule has 32 heavy (non-hydrogen) atoms. The standard InChI is InChI=1S/C27H50O5/c1-26(2,20-28)18-8-16-23-14-6-12-21(31-23)10-5-11-22-13-7-15-24(32-22)17-9-19-27(3,4)25(29)30/h21-24,28H,5-20H2,1-4H3,(H,29,30). The van der Waals surface area contributed by atoms with Crippen molar-refractivity contribution >= 4 is 5.97 Å². The van der Waals surface area contributed by atoms with E-state index < -0.39 is 11.4 Å². The monoisotopic (exact) mass is 454 g/mol. The van der Waals surface area contributed by atoms with Crippen LogP contribution in [0.4, 0.5) is 0 Å². The SMILES string of the molecule is CC(C)(CO)CCCC1CCCC(CCCC2CCCC(CCCC(C)(C)C(=O)O)O2)O1. The molecule has 188 valence electrons. The highest BCUT2D eigenvalue weighted by molar-refractivity contribution is 5.73. The Morgan fingerprint density at radius 3 is 1.56 bits per heavy atom. The Morgan fingerprint density at radius 1 is 0.750 bits per heavy atom. The van der Waals surface area contributed by atoms with Gasteiger partial charge in [-0.25, -0.2) is 0 Å². The predicted octanol–water partition coefficient (Wildman–Crippen LogP) is 6.50. The van der Waals surface area contributed by atoms with Crippen molar-refractivity contribution in [1.82, 2.24) is 0 Å². The third-order valence-electron chi connectivity index (χ3n) is 7.64. The van der Waals surface area contributed by atoms with Gasteiger partial charge in [0.05, 0.1) is 29.8 Å². The van der Waals surface area contributed by atoms with E-state index in [0.717, 1.165) is 57.8 Å². The zero-order valence-corrected chi connectivity index (χ0v) is 21.2. The first-order valence-corrected chi connectivity index (χ1v) is 13.3. The zero-order chi connectivity index (χ0) is 23.6. The summed E-state index contributed by atoms with van der Waals surface area (Å²) < 4.78 is 12.8. The van der Waals surface area contributed by atoms with Crippen molar-refractivity contribution < 1.29 is 24.5 Å². The van der Waals surface area contributed by atoms with Crippen LogP contribution >= 0.6 is 0 Å². The largest absolute Gasteiger partial charge is 0.481 e. The van der Waals surface area contributed by atoms with Crippen LogP contribution in [-0.2, 0) is 14.3 Å². The molecule has 0 saturated carbocycles. The molecule has 2 heterocycles. The third kappa shape index (κ3) is 10.1. The number of aliphatic hydroxyl groups excluding tert-OH is 1. The molecule has 5 nitrogen and oxygen atoms in total. The molecule has 0 radical (unpaired) electrons. The second-order valence-corrected chi connectivity index (χ2v) is 11.8. The first-order chi connectivity index (χ1) is 15.1. The molecule has 2 fully saturated rings. The van der Waals surface area contributed by atoms with Crippen LogP contribution in [0.25, 0.3) is 0 Å². The van der Waals surface area contributed by atoms with E-state index in [1.54, 1.807) is 0 Å². The fraction of sp³-hybridized carbons (Fsp3) is 0.963. The summed E-state index contributed by atoms with van der Waals surface area (Å²) in [5.74, 6) is -0.707. The van der Waals surface area contributed by atoms with Crippen molar-refractivity contribution in [2.24, 2.45) is 10.8 Å². The summed E-state index contributed by atoms with van der Waals surface area (Å²) in [6.45, 7) is 8.14. The van der Waals surface area contributed by atoms with Crippen molar-refractivity contribution in [3.8, 4) is 0 Å². The van der Waals surface area contributed by atoms with Gasteiger partial charge in [0.1, 0.15) is 0 Å². The van der Waals surface area contributed by atoms with E-state index in [1.165, 1.54) is 32.1 Å². The molecule has 0 aromatic carbocycles. The highest BCUT2D eigenvalue weighted by Gasteiger charge is 2.28. The Bertz CT molecular complexity index is 544. The van der Waals surface area contributed by atoms with Crippen LogP contribution < -0.4 is 0 Å². The first kappa shape index (κ1) is 27.6. The minimum atomic E-state index is -0.707. The highest BCUT2D eigenvalue weighted by Crippen LogP contribution is 2.31. The number of ether oxygens (including phenoxy) is 2. The van der Waals surface area contributed by atoms with E-state index in [1.807, 2.05) is 13.8 Å². The molecule has 2 N–H and O–H groups in total. The molecule has 2 aliphatic heterocycles. The molecular weight excluding hydrogens is 404 g/mol. The van der Waals surface area contributed by atoms with Crippen LogP contribution in [0.1, 0.15) is 124 Å². The fourth-order valence-electron chi connectivity index (χ4n) is 5.15. The van der Waals surface area contributed by atoms with Crippen LogP contribution in [0.3, 0.4) is 0 Å². The normalized spacial score (nSPS) is 27.4. The lowest BCUT2D eigenvalue weighted by atomic mass is 9.86. The highest BCUT2D eigenvalue weighted by atomic mass is 16.5. The molecule has 0 aliphatic carbocycles. The zero-order valence-electron chi connectivity index (χ0n) is 21.2. The van der Waals surface area contributed by atoms with Crippen LogP contribution in [0.5, 0.6) is 0 Å². The molecule has 5 heteroatoms. The predicted molar refractivity (Wildman–Crippen MR) is 129 cm³/mol. The first-order valence-electron chi connectivity index (χ1n) is 13.3. The summed E-state index contributed by atoms with van der Waals surface area (Å²) in [7, 11) is 0. The van der Waals surface area contributed by atoms with Crippen molar-refractivity contribution in [1.29, 1.82) is 0 Å². The number of carboxylic acids is 1. The second-order valence-electron chi connectivity index (χ2n) is 11.8. The van der Waals surface area contributed by atoms with Gasteiger partial charge < -0.3 is 19.7 Å². The molecule has 4 atom stereocenters. The van der Waals surface area contributed by atoms with Gasteiger partial charge in [-0.2, -0.15) is 0 Å². The van der Waals surface area contributed by atoms with E-state index >= 15 is 0 Å². The average molecular weight is 455 g/mol. The van der Waals surface area contributed by atoms with Gasteiger partial charge in [0.2, 0.25) is 0 Å². The Morgan fingerprint density at radius 2 is 1.16 bits per heavy atom. The minimum Gasteiger partial charge on any atom is -0.481 e. The van der Waals surface area contributed by atoms with Gasteiger partial charge >= 0.3 is 5.97 Å². The molecular formula is C27H50O5. The van der Waals surface area contributed by atoms with Gasteiger partial charge in [-0.15, -0.1) is 0 Å². The minimum absolute atomic E-state index is 0.0262. The summed E-state index contributed by atoms with van der Waals surface area (Å²) in [5, 5.41) is 18.7. The molecule has 0 aromatic heterocycles. The molecule has 0 amide bonds. The van der Waals surface area contributed by atoms with Crippen molar-refractivity contribution in [2.75, 3.05) is 6.61 Å². The van der Waals surface area contributed by atoms with Gasteiger partial charge in [-0.05, 0) is 109 Å². The number of hydrogen-bond donors (Lipinski definition) is 2. The topological polar surface area (TPSA) is 76.0 Å². The number of carbonyl (C=O) groups is 1. The fourth-order valence-corrected chi connectivity index (χ4v) is 5.15. The summed E-state index contributed by atoms with van der Waals surface area (Å²) in [4.78, 5) is 11.3. The van der Waals surface area contributed by atoms with E-state index in [4.69, 9.17) is 9.47 Å². The van der Waals surface area contributed by atoms with Gasteiger partial charge in [0.25, 0.3) is 0 Å². The third-order valence-corrected chi connectivity index (χ3v) is 7.64. The maximum absolute atomic E-state index is 11.3. The number of carboxylic acid groups (broad SMARTS) is 1. The lowest BCUT2D eigenvalue weighted by Crippen LogP contribution is -2.30. The van der Waals surface area contributed by atoms with Crippen LogP contribution in [0, 0.1) is 10.8 Å². The van der Waals surface area contributed by atoms with Crippen molar-refractivity contribution in [3.63, 3.8) is 0 Å². The average Bonchev–Trinajstić information content (AvgIpc) is 2.74. The Balaban J connectivity index is 1.60. The maximum Gasteiger partial charge on any atom is 0.309 e. The lowest BCUT2D eigenvalue weighted by molar-refractivity contribution is -0.147. The summed E-state index contributed by atoms with van der Waals surface area (Å²) in [6, 6.07) is 0. The van der Waals surface area contributed by atoms with Gasteiger partial charge in [0, 0.05) is 6.61 Å².